The highest BCUT2D eigenvalue weighted by Crippen LogP contribution is 2.30. The van der Waals surface area contributed by atoms with E-state index in [2.05, 4.69) is 16.2 Å². The molecular formula is C14H17N3O2. The largest absolute Gasteiger partial charge is 0.485 e. The van der Waals surface area contributed by atoms with E-state index in [0.717, 1.165) is 25.0 Å². The van der Waals surface area contributed by atoms with Crippen molar-refractivity contribution in [2.75, 3.05) is 0 Å². The molecular weight excluding hydrogens is 242 g/mol. The number of nitrogens with zero attached hydrogens (tertiary/aromatic N) is 2. The highest BCUT2D eigenvalue weighted by Gasteiger charge is 2.17. The molecule has 0 saturated heterocycles. The van der Waals surface area contributed by atoms with Gasteiger partial charge in [-0.3, -0.25) is 0 Å². The highest BCUT2D eigenvalue weighted by molar-refractivity contribution is 5.39. The third-order valence-electron chi connectivity index (χ3n) is 3.42. The van der Waals surface area contributed by atoms with Gasteiger partial charge < -0.3 is 15.0 Å². The van der Waals surface area contributed by atoms with E-state index in [-0.39, 0.29) is 6.04 Å². The normalized spacial score (nSPS) is 18.1. The Hall–Kier alpha value is -1.88. The first-order valence-corrected chi connectivity index (χ1v) is 6.53. The highest BCUT2D eigenvalue weighted by atomic mass is 16.5. The number of hydrogen-bond donors (Lipinski definition) is 1. The second kappa shape index (κ2) is 5.01. The predicted molar refractivity (Wildman–Crippen MR) is 69.7 cm³/mol. The van der Waals surface area contributed by atoms with E-state index >= 15 is 0 Å². The molecule has 1 aromatic heterocycles. The fourth-order valence-corrected chi connectivity index (χ4v) is 2.45. The molecule has 0 radical (unpaired) electrons. The van der Waals surface area contributed by atoms with Crippen molar-refractivity contribution in [1.29, 1.82) is 0 Å². The summed E-state index contributed by atoms with van der Waals surface area (Å²) in [4.78, 5) is 4.10. The van der Waals surface area contributed by atoms with E-state index in [4.69, 9.17) is 15.0 Å². The van der Waals surface area contributed by atoms with Crippen LogP contribution >= 0.6 is 0 Å². The first kappa shape index (κ1) is 12.2. The van der Waals surface area contributed by atoms with Gasteiger partial charge in [0.05, 0.1) is 0 Å². The molecule has 1 atom stereocenters. The zero-order valence-corrected chi connectivity index (χ0v) is 10.9. The lowest BCUT2D eigenvalue weighted by molar-refractivity contribution is 0.285. The molecule has 3 rings (SSSR count). The van der Waals surface area contributed by atoms with Crippen LogP contribution in [0.5, 0.6) is 5.75 Å². The standard InChI is InChI=1S/C14H17N3O2/c1-9-16-14(17-19-9)8-18-11-6-5-10-3-2-4-13(15)12(10)7-11/h5-7,13H,2-4,8,15H2,1H3/t13-/m1/s1. The molecule has 19 heavy (non-hydrogen) atoms. The molecule has 0 fully saturated rings. The van der Waals surface area contributed by atoms with Crippen molar-refractivity contribution in [2.45, 2.75) is 38.8 Å². The van der Waals surface area contributed by atoms with E-state index in [0.29, 0.717) is 18.3 Å². The van der Waals surface area contributed by atoms with Crippen molar-refractivity contribution in [1.82, 2.24) is 10.1 Å². The Bertz CT molecular complexity index is 580. The third kappa shape index (κ3) is 2.61. The lowest BCUT2D eigenvalue weighted by Crippen LogP contribution is -2.17. The maximum Gasteiger partial charge on any atom is 0.223 e. The van der Waals surface area contributed by atoms with Crippen LogP contribution in [0.1, 0.15) is 41.7 Å². The molecule has 1 aliphatic rings. The van der Waals surface area contributed by atoms with Gasteiger partial charge in [-0.1, -0.05) is 11.2 Å². The molecule has 0 bridgehead atoms. The van der Waals surface area contributed by atoms with Gasteiger partial charge >= 0.3 is 0 Å². The van der Waals surface area contributed by atoms with Crippen LogP contribution in [-0.2, 0) is 13.0 Å². The summed E-state index contributed by atoms with van der Waals surface area (Å²) in [6.07, 6.45) is 3.31. The number of fused-ring (bicyclic) bond motifs is 1. The number of rotatable bonds is 3. The molecule has 5 heteroatoms. The van der Waals surface area contributed by atoms with Crippen LogP contribution in [0.4, 0.5) is 0 Å². The Morgan fingerprint density at radius 3 is 3.16 bits per heavy atom. The summed E-state index contributed by atoms with van der Waals surface area (Å²) in [6.45, 7) is 2.07. The number of aromatic nitrogens is 2. The van der Waals surface area contributed by atoms with Gasteiger partial charge in [-0.05, 0) is 42.5 Å². The zero-order valence-electron chi connectivity index (χ0n) is 10.9. The van der Waals surface area contributed by atoms with Gasteiger partial charge in [0.2, 0.25) is 11.7 Å². The van der Waals surface area contributed by atoms with Crippen molar-refractivity contribution in [3.8, 4) is 5.75 Å². The molecule has 0 aliphatic heterocycles. The second-order valence-electron chi connectivity index (χ2n) is 4.88. The molecule has 2 N–H and O–H groups in total. The summed E-state index contributed by atoms with van der Waals surface area (Å²) >= 11 is 0. The van der Waals surface area contributed by atoms with Crippen LogP contribution in [0.25, 0.3) is 0 Å². The van der Waals surface area contributed by atoms with Gasteiger partial charge in [0.25, 0.3) is 0 Å². The molecule has 0 saturated carbocycles. The molecule has 5 nitrogen and oxygen atoms in total. The van der Waals surface area contributed by atoms with Gasteiger partial charge in [-0.15, -0.1) is 0 Å². The predicted octanol–water partition coefficient (Wildman–Crippen LogP) is 2.29. The van der Waals surface area contributed by atoms with Crippen LogP contribution in [0.15, 0.2) is 22.7 Å². The van der Waals surface area contributed by atoms with Crippen LogP contribution in [-0.4, -0.2) is 10.1 Å². The van der Waals surface area contributed by atoms with Gasteiger partial charge in [-0.2, -0.15) is 4.98 Å². The second-order valence-corrected chi connectivity index (χ2v) is 4.88. The zero-order chi connectivity index (χ0) is 13.2. The first-order valence-electron chi connectivity index (χ1n) is 6.53. The third-order valence-corrected chi connectivity index (χ3v) is 3.42. The minimum atomic E-state index is 0.125. The lowest BCUT2D eigenvalue weighted by Gasteiger charge is -2.22. The van der Waals surface area contributed by atoms with Crippen molar-refractivity contribution < 1.29 is 9.26 Å². The summed E-state index contributed by atoms with van der Waals surface area (Å²) < 4.78 is 10.6. The maximum atomic E-state index is 6.13. The Labute approximate surface area is 111 Å². The van der Waals surface area contributed by atoms with E-state index in [1.54, 1.807) is 6.92 Å². The number of benzene rings is 1. The number of nitrogens with two attached hydrogens (primary N) is 1. The Morgan fingerprint density at radius 1 is 1.47 bits per heavy atom. The van der Waals surface area contributed by atoms with Crippen LogP contribution in [0.2, 0.25) is 0 Å². The van der Waals surface area contributed by atoms with Gasteiger partial charge in [-0.25, -0.2) is 0 Å². The van der Waals surface area contributed by atoms with Gasteiger partial charge in [0.15, 0.2) is 6.61 Å². The van der Waals surface area contributed by atoms with Crippen LogP contribution < -0.4 is 10.5 Å². The number of hydrogen-bond acceptors (Lipinski definition) is 5. The van der Waals surface area contributed by atoms with E-state index in [1.807, 2.05) is 12.1 Å². The minimum absolute atomic E-state index is 0.125. The minimum Gasteiger partial charge on any atom is -0.485 e. The Kier molecular flexibility index (Phi) is 3.21. The first-order chi connectivity index (χ1) is 9.22. The van der Waals surface area contributed by atoms with Crippen molar-refractivity contribution >= 4 is 0 Å². The van der Waals surface area contributed by atoms with Crippen LogP contribution in [0, 0.1) is 6.92 Å². The lowest BCUT2D eigenvalue weighted by atomic mass is 9.88. The molecule has 100 valence electrons. The monoisotopic (exact) mass is 259 g/mol. The Balaban J connectivity index is 1.73. The Morgan fingerprint density at radius 2 is 2.37 bits per heavy atom. The van der Waals surface area contributed by atoms with Crippen molar-refractivity contribution in [3.63, 3.8) is 0 Å². The smallest absolute Gasteiger partial charge is 0.223 e. The average Bonchev–Trinajstić information content (AvgIpc) is 2.83. The van der Waals surface area contributed by atoms with Crippen molar-refractivity contribution in [2.24, 2.45) is 5.73 Å². The van der Waals surface area contributed by atoms with Crippen molar-refractivity contribution in [3.05, 3.63) is 41.0 Å². The fourth-order valence-electron chi connectivity index (χ4n) is 2.45. The fraction of sp³-hybridized carbons (Fsp3) is 0.429. The number of ether oxygens (including phenoxy) is 1. The van der Waals surface area contributed by atoms with E-state index < -0.39 is 0 Å². The summed E-state index contributed by atoms with van der Waals surface area (Å²) in [5.41, 5.74) is 8.67. The molecule has 1 aliphatic carbocycles. The quantitative estimate of drug-likeness (QED) is 0.915. The molecule has 1 heterocycles. The summed E-state index contributed by atoms with van der Waals surface area (Å²) in [6, 6.07) is 6.24. The topological polar surface area (TPSA) is 74.2 Å². The van der Waals surface area contributed by atoms with E-state index in [9.17, 15) is 0 Å². The molecule has 0 amide bonds. The summed E-state index contributed by atoms with van der Waals surface area (Å²) in [5.74, 6) is 1.91. The maximum absolute atomic E-state index is 6.13. The molecule has 2 aromatic rings. The molecule has 1 aromatic carbocycles. The van der Waals surface area contributed by atoms with Gasteiger partial charge in [0.1, 0.15) is 5.75 Å². The number of aryl methyl sites for hydroxylation is 2. The average molecular weight is 259 g/mol. The summed E-state index contributed by atoms with van der Waals surface area (Å²) in [5, 5.41) is 3.80. The molecule has 0 unspecified atom stereocenters. The van der Waals surface area contributed by atoms with Crippen LogP contribution in [0.3, 0.4) is 0 Å². The van der Waals surface area contributed by atoms with E-state index in [1.165, 1.54) is 11.1 Å². The van der Waals surface area contributed by atoms with Gasteiger partial charge in [0, 0.05) is 13.0 Å². The summed E-state index contributed by atoms with van der Waals surface area (Å²) in [7, 11) is 0. The molecule has 0 spiro atoms. The SMILES string of the molecule is Cc1nc(COc2ccc3c(c2)[C@H](N)CCC3)no1.